The molecule has 0 bridgehead atoms. The molecule has 0 aromatic heterocycles. The molecule has 1 aromatic rings. The molecule has 246 valence electrons. The Kier molecular flexibility index (Phi) is 17.8. The van der Waals surface area contributed by atoms with Crippen LogP contribution in [0.5, 0.6) is 0 Å². The van der Waals surface area contributed by atoms with Gasteiger partial charge in [0.15, 0.2) is 11.4 Å². The average Bonchev–Trinajstić information content (AvgIpc) is 3.38. The number of carbonyl (C=O) groups is 4. The van der Waals surface area contributed by atoms with Crippen LogP contribution in [-0.4, -0.2) is 43.3 Å². The molecule has 0 spiro atoms. The van der Waals surface area contributed by atoms with Crippen molar-refractivity contribution in [3.8, 4) is 0 Å². The second-order valence-corrected chi connectivity index (χ2v) is 10.7. The zero-order chi connectivity index (χ0) is 33.5. The van der Waals surface area contributed by atoms with Crippen LogP contribution in [0.15, 0.2) is 115 Å². The van der Waals surface area contributed by atoms with Gasteiger partial charge < -0.3 is 20.1 Å². The fraction of sp³-hybridized carbons (Fsp3) is 0.368. The van der Waals surface area contributed by atoms with Gasteiger partial charge in [0.2, 0.25) is 11.7 Å². The molecule has 1 aliphatic heterocycles. The van der Waals surface area contributed by atoms with Crippen LogP contribution in [0.3, 0.4) is 0 Å². The number of carbonyl (C=O) groups excluding carboxylic acids is 4. The lowest BCUT2D eigenvalue weighted by atomic mass is 9.92. The molecular formula is C38H48N2O6. The minimum atomic E-state index is -1.34. The van der Waals surface area contributed by atoms with Crippen molar-refractivity contribution in [2.75, 3.05) is 13.7 Å². The predicted molar refractivity (Wildman–Crippen MR) is 182 cm³/mol. The number of hydrogen-bond donors (Lipinski definition) is 2. The Labute approximate surface area is 273 Å². The van der Waals surface area contributed by atoms with Crippen molar-refractivity contribution in [1.82, 2.24) is 10.6 Å². The highest BCUT2D eigenvalue weighted by Gasteiger charge is 2.44. The van der Waals surface area contributed by atoms with E-state index in [1.165, 1.54) is 7.11 Å². The summed E-state index contributed by atoms with van der Waals surface area (Å²) in [5.41, 5.74) is -0.743. The van der Waals surface area contributed by atoms with Gasteiger partial charge in [0, 0.05) is 24.6 Å². The van der Waals surface area contributed by atoms with E-state index >= 15 is 0 Å². The van der Waals surface area contributed by atoms with Crippen LogP contribution < -0.4 is 10.6 Å². The third kappa shape index (κ3) is 13.9. The Morgan fingerprint density at radius 1 is 0.826 bits per heavy atom. The molecule has 0 radical (unpaired) electrons. The van der Waals surface area contributed by atoms with Crippen molar-refractivity contribution < 1.29 is 28.7 Å². The second kappa shape index (κ2) is 21.9. The lowest BCUT2D eigenvalue weighted by Crippen LogP contribution is -2.49. The zero-order valence-corrected chi connectivity index (χ0v) is 27.3. The van der Waals surface area contributed by atoms with Crippen molar-refractivity contribution >= 4 is 23.6 Å². The molecule has 2 N–H and O–H groups in total. The first-order valence-corrected chi connectivity index (χ1v) is 15.9. The van der Waals surface area contributed by atoms with E-state index in [4.69, 9.17) is 9.47 Å². The number of hydrogen-bond acceptors (Lipinski definition) is 6. The maximum atomic E-state index is 12.8. The topological polar surface area (TPSA) is 111 Å². The first-order chi connectivity index (χ1) is 22.3. The average molecular weight is 629 g/mol. The lowest BCUT2D eigenvalue weighted by Gasteiger charge is -2.24. The Morgan fingerprint density at radius 3 is 1.87 bits per heavy atom. The van der Waals surface area contributed by atoms with Gasteiger partial charge in [-0.15, -0.1) is 0 Å². The second-order valence-electron chi connectivity index (χ2n) is 10.7. The van der Waals surface area contributed by atoms with Crippen molar-refractivity contribution in [3.05, 3.63) is 121 Å². The molecule has 2 amide bonds. The monoisotopic (exact) mass is 628 g/mol. The van der Waals surface area contributed by atoms with Crippen LogP contribution in [0, 0.1) is 0 Å². The van der Waals surface area contributed by atoms with E-state index in [9.17, 15) is 19.2 Å². The highest BCUT2D eigenvalue weighted by Crippen LogP contribution is 2.34. The maximum Gasteiger partial charge on any atom is 0.330 e. The van der Waals surface area contributed by atoms with E-state index < -0.39 is 23.5 Å². The van der Waals surface area contributed by atoms with Crippen LogP contribution in [0.2, 0.25) is 0 Å². The summed E-state index contributed by atoms with van der Waals surface area (Å²) < 4.78 is 10.5. The third-order valence-corrected chi connectivity index (χ3v) is 7.02. The van der Waals surface area contributed by atoms with Gasteiger partial charge in [0.1, 0.15) is 6.04 Å². The summed E-state index contributed by atoms with van der Waals surface area (Å²) in [5.74, 6) is -2.36. The Bertz CT molecular complexity index is 1340. The molecular weight excluding hydrogens is 580 g/mol. The van der Waals surface area contributed by atoms with Crippen LogP contribution in [0.1, 0.15) is 70.8 Å². The van der Waals surface area contributed by atoms with E-state index in [1.807, 2.05) is 18.2 Å². The molecule has 1 heterocycles. The van der Waals surface area contributed by atoms with E-state index in [0.29, 0.717) is 12.0 Å². The predicted octanol–water partition coefficient (Wildman–Crippen LogP) is 6.64. The molecule has 2 unspecified atom stereocenters. The molecule has 0 aliphatic carbocycles. The lowest BCUT2D eigenvalue weighted by molar-refractivity contribution is -0.145. The fourth-order valence-corrected chi connectivity index (χ4v) is 4.35. The number of rotatable bonds is 20. The van der Waals surface area contributed by atoms with Gasteiger partial charge in [-0.25, -0.2) is 4.79 Å². The molecule has 2 rings (SSSR count). The maximum absolute atomic E-state index is 12.8. The summed E-state index contributed by atoms with van der Waals surface area (Å²) in [6.45, 7) is 3.55. The van der Waals surface area contributed by atoms with Gasteiger partial charge in [-0.05, 0) is 51.9 Å². The van der Waals surface area contributed by atoms with Gasteiger partial charge in [-0.1, -0.05) is 110 Å². The summed E-state index contributed by atoms with van der Waals surface area (Å²) in [7, 11) is 1.19. The van der Waals surface area contributed by atoms with Crippen molar-refractivity contribution in [1.29, 1.82) is 0 Å². The summed E-state index contributed by atoms with van der Waals surface area (Å²) in [6.07, 6.45) is 33.0. The molecule has 8 heteroatoms. The van der Waals surface area contributed by atoms with Gasteiger partial charge in [-0.2, -0.15) is 0 Å². The van der Waals surface area contributed by atoms with Gasteiger partial charge >= 0.3 is 5.97 Å². The molecule has 0 saturated heterocycles. The van der Waals surface area contributed by atoms with Gasteiger partial charge in [0.05, 0.1) is 7.11 Å². The van der Waals surface area contributed by atoms with Gasteiger partial charge in [0.25, 0.3) is 5.91 Å². The number of nitrogens with one attached hydrogen (secondary N) is 2. The number of benzene rings is 1. The molecule has 1 aliphatic rings. The minimum absolute atomic E-state index is 0.168. The highest BCUT2D eigenvalue weighted by molar-refractivity contribution is 6.08. The number of ether oxygens (including phenoxy) is 2. The Hall–Kier alpha value is -4.72. The molecule has 8 nitrogen and oxygen atoms in total. The summed E-state index contributed by atoms with van der Waals surface area (Å²) in [4.78, 5) is 50.1. The summed E-state index contributed by atoms with van der Waals surface area (Å²) in [6, 6.07) is 7.67. The summed E-state index contributed by atoms with van der Waals surface area (Å²) in [5, 5.41) is 5.15. The van der Waals surface area contributed by atoms with E-state index in [-0.39, 0.29) is 30.4 Å². The number of ketones is 1. The van der Waals surface area contributed by atoms with E-state index in [1.54, 1.807) is 31.2 Å². The normalized spacial score (nSPS) is 17.5. The molecule has 46 heavy (non-hydrogen) atoms. The number of amides is 2. The first-order valence-electron chi connectivity index (χ1n) is 15.9. The van der Waals surface area contributed by atoms with Crippen LogP contribution in [0.4, 0.5) is 0 Å². The van der Waals surface area contributed by atoms with Crippen LogP contribution in [0.25, 0.3) is 0 Å². The summed E-state index contributed by atoms with van der Waals surface area (Å²) >= 11 is 0. The van der Waals surface area contributed by atoms with Crippen LogP contribution >= 0.6 is 0 Å². The molecule has 1 aromatic carbocycles. The number of methoxy groups -OCH3 is 1. The Balaban J connectivity index is 1.64. The van der Waals surface area contributed by atoms with E-state index in [2.05, 4.69) is 78.3 Å². The zero-order valence-electron chi connectivity index (χ0n) is 27.3. The SMILES string of the molecule is CC/C=C\C/C=C\C/C=C\C/C=C\C/C=C\C/C=C\CCC(=O)NCC(NC(=O)C1=CC(=O)C(C)(c2ccccc2)O1)C(=O)OC. The number of allylic oxidation sites excluding steroid dienone is 12. The standard InChI is InChI=1S/C38H48N2O6/c1-4-5-6-7-8-9-10-11-12-13-14-15-16-17-18-19-20-21-25-28-35(42)39-30-32(37(44)45-3)40-36(43)33-29-34(41)38(2,46-33)31-26-23-22-24-27-31/h5-6,8-9,11-12,14-15,17-18,20-24,26-27,29,32H,4,7,10,13,16,19,25,28,30H2,1-3H3,(H,39,42)(H,40,43)/b6-5-,9-8-,12-11-,15-14-,18-17-,21-20-. The largest absolute Gasteiger partial charge is 0.469 e. The quantitative estimate of drug-likeness (QED) is 0.124. The van der Waals surface area contributed by atoms with Gasteiger partial charge in [-0.3, -0.25) is 14.4 Å². The van der Waals surface area contributed by atoms with Crippen molar-refractivity contribution in [2.24, 2.45) is 0 Å². The molecule has 0 fully saturated rings. The molecule has 2 atom stereocenters. The fourth-order valence-electron chi connectivity index (χ4n) is 4.35. The molecule has 0 saturated carbocycles. The van der Waals surface area contributed by atoms with Crippen LogP contribution in [-0.2, 0) is 34.3 Å². The third-order valence-electron chi connectivity index (χ3n) is 7.02. The van der Waals surface area contributed by atoms with E-state index in [0.717, 1.165) is 44.6 Å². The van der Waals surface area contributed by atoms with Crippen molar-refractivity contribution in [2.45, 2.75) is 76.9 Å². The first kappa shape index (κ1) is 37.5. The highest BCUT2D eigenvalue weighted by atomic mass is 16.5. The Morgan fingerprint density at radius 2 is 1.35 bits per heavy atom. The number of esters is 1. The minimum Gasteiger partial charge on any atom is -0.469 e. The smallest absolute Gasteiger partial charge is 0.330 e. The van der Waals surface area contributed by atoms with Crippen molar-refractivity contribution in [3.63, 3.8) is 0 Å².